The molecule has 1 aliphatic rings. The fourth-order valence-corrected chi connectivity index (χ4v) is 2.36. The van der Waals surface area contributed by atoms with Crippen LogP contribution in [0.15, 0.2) is 6.07 Å². The zero-order valence-corrected chi connectivity index (χ0v) is 9.03. The van der Waals surface area contributed by atoms with Crippen molar-refractivity contribution in [3.05, 3.63) is 17.5 Å². The molecule has 0 spiro atoms. The predicted molar refractivity (Wildman–Crippen MR) is 57.2 cm³/mol. The fraction of sp³-hybridized carbons (Fsp3) is 0.727. The van der Waals surface area contributed by atoms with Crippen LogP contribution in [0.25, 0.3) is 0 Å². The van der Waals surface area contributed by atoms with E-state index in [1.807, 2.05) is 0 Å². The zero-order valence-electron chi connectivity index (χ0n) is 9.03. The van der Waals surface area contributed by atoms with Gasteiger partial charge in [-0.1, -0.05) is 0 Å². The van der Waals surface area contributed by atoms with Gasteiger partial charge >= 0.3 is 0 Å². The molecule has 0 saturated heterocycles. The first-order valence-corrected chi connectivity index (χ1v) is 5.45. The van der Waals surface area contributed by atoms with Gasteiger partial charge < -0.3 is 5.73 Å². The maximum atomic E-state index is 5.89. The normalized spacial score (nSPS) is 27.9. The summed E-state index contributed by atoms with van der Waals surface area (Å²) in [7, 11) is 0. The predicted octanol–water partition coefficient (Wildman–Crippen LogP) is 1.94. The molecule has 78 valence electrons. The van der Waals surface area contributed by atoms with Crippen LogP contribution in [-0.4, -0.2) is 15.8 Å². The van der Waals surface area contributed by atoms with Crippen molar-refractivity contribution in [3.63, 3.8) is 0 Å². The highest BCUT2D eigenvalue weighted by Crippen LogP contribution is 2.28. The van der Waals surface area contributed by atoms with Crippen LogP contribution < -0.4 is 5.73 Å². The van der Waals surface area contributed by atoms with Crippen molar-refractivity contribution in [2.45, 2.75) is 51.6 Å². The van der Waals surface area contributed by atoms with Crippen molar-refractivity contribution in [2.75, 3.05) is 0 Å². The molecule has 1 aromatic rings. The second kappa shape index (κ2) is 3.73. The fourth-order valence-electron chi connectivity index (χ4n) is 2.36. The van der Waals surface area contributed by atoms with Crippen LogP contribution in [0.4, 0.5) is 0 Å². The van der Waals surface area contributed by atoms with Crippen LogP contribution in [0.1, 0.15) is 43.1 Å². The Hall–Kier alpha value is -0.830. The van der Waals surface area contributed by atoms with Gasteiger partial charge in [-0.15, -0.1) is 0 Å². The van der Waals surface area contributed by atoms with Crippen molar-refractivity contribution in [1.29, 1.82) is 0 Å². The van der Waals surface area contributed by atoms with E-state index in [1.54, 1.807) is 0 Å². The van der Waals surface area contributed by atoms with Crippen molar-refractivity contribution >= 4 is 0 Å². The molecule has 1 heterocycles. The van der Waals surface area contributed by atoms with E-state index in [-0.39, 0.29) is 0 Å². The summed E-state index contributed by atoms with van der Waals surface area (Å²) in [6, 6.07) is 3.15. The Morgan fingerprint density at radius 2 is 1.93 bits per heavy atom. The molecular formula is C11H19N3. The van der Waals surface area contributed by atoms with Crippen LogP contribution in [0.3, 0.4) is 0 Å². The monoisotopic (exact) mass is 193 g/mol. The molecule has 1 aromatic heterocycles. The summed E-state index contributed by atoms with van der Waals surface area (Å²) < 4.78 is 2.18. The van der Waals surface area contributed by atoms with E-state index < -0.39 is 0 Å². The van der Waals surface area contributed by atoms with Gasteiger partial charge in [-0.25, -0.2) is 0 Å². The molecule has 0 aromatic carbocycles. The van der Waals surface area contributed by atoms with Crippen molar-refractivity contribution in [2.24, 2.45) is 5.73 Å². The highest BCUT2D eigenvalue weighted by Gasteiger charge is 2.21. The first kappa shape index (κ1) is 9.71. The zero-order chi connectivity index (χ0) is 10.1. The van der Waals surface area contributed by atoms with Gasteiger partial charge in [0.2, 0.25) is 0 Å². The Kier molecular flexibility index (Phi) is 2.59. The quantitative estimate of drug-likeness (QED) is 0.740. The van der Waals surface area contributed by atoms with Gasteiger partial charge in [0.25, 0.3) is 0 Å². The first-order chi connectivity index (χ1) is 6.66. The maximum absolute atomic E-state index is 5.89. The molecule has 14 heavy (non-hydrogen) atoms. The van der Waals surface area contributed by atoms with Crippen molar-refractivity contribution in [3.8, 4) is 0 Å². The average molecular weight is 193 g/mol. The minimum atomic E-state index is 0.420. The summed E-state index contributed by atoms with van der Waals surface area (Å²) in [6.45, 7) is 4.19. The van der Waals surface area contributed by atoms with E-state index in [0.717, 1.165) is 18.5 Å². The Balaban J connectivity index is 2.11. The van der Waals surface area contributed by atoms with Crippen LogP contribution in [0, 0.1) is 13.8 Å². The summed E-state index contributed by atoms with van der Waals surface area (Å²) in [4.78, 5) is 0. The lowest BCUT2D eigenvalue weighted by molar-refractivity contribution is 0.300. The van der Waals surface area contributed by atoms with Gasteiger partial charge in [0.15, 0.2) is 0 Å². The van der Waals surface area contributed by atoms with Crippen LogP contribution in [0.2, 0.25) is 0 Å². The van der Waals surface area contributed by atoms with Gasteiger partial charge in [0.1, 0.15) is 0 Å². The van der Waals surface area contributed by atoms with Crippen molar-refractivity contribution in [1.82, 2.24) is 9.78 Å². The van der Waals surface area contributed by atoms with Gasteiger partial charge in [0.05, 0.1) is 11.7 Å². The molecule has 0 aliphatic heterocycles. The molecule has 0 amide bonds. The largest absolute Gasteiger partial charge is 0.328 e. The molecule has 1 fully saturated rings. The van der Waals surface area contributed by atoms with E-state index in [2.05, 4.69) is 29.7 Å². The molecule has 2 N–H and O–H groups in total. The third-order valence-corrected chi connectivity index (χ3v) is 3.13. The summed E-state index contributed by atoms with van der Waals surface area (Å²) in [6.07, 6.45) is 4.65. The number of hydrogen-bond donors (Lipinski definition) is 1. The summed E-state index contributed by atoms with van der Waals surface area (Å²) in [5.41, 5.74) is 8.29. The average Bonchev–Trinajstić information content (AvgIpc) is 2.47. The molecular weight excluding hydrogens is 174 g/mol. The summed E-state index contributed by atoms with van der Waals surface area (Å²) in [5, 5.41) is 4.53. The number of nitrogens with zero attached hydrogens (tertiary/aromatic N) is 2. The Labute approximate surface area is 85.3 Å². The minimum absolute atomic E-state index is 0.420. The lowest BCUT2D eigenvalue weighted by atomic mass is 9.92. The molecule has 3 nitrogen and oxygen atoms in total. The number of rotatable bonds is 1. The Morgan fingerprint density at radius 3 is 2.43 bits per heavy atom. The second-order valence-electron chi connectivity index (χ2n) is 4.44. The number of nitrogens with two attached hydrogens (primary N) is 1. The van der Waals surface area contributed by atoms with Crippen LogP contribution in [-0.2, 0) is 0 Å². The van der Waals surface area contributed by atoms with E-state index >= 15 is 0 Å². The van der Waals surface area contributed by atoms with Gasteiger partial charge in [0, 0.05) is 11.7 Å². The Morgan fingerprint density at radius 1 is 1.29 bits per heavy atom. The van der Waals surface area contributed by atoms with E-state index in [9.17, 15) is 0 Å². The third kappa shape index (κ3) is 1.82. The van der Waals surface area contributed by atoms with Crippen LogP contribution in [0.5, 0.6) is 0 Å². The lowest BCUT2D eigenvalue weighted by Crippen LogP contribution is -2.28. The molecule has 0 bridgehead atoms. The van der Waals surface area contributed by atoms with Crippen molar-refractivity contribution < 1.29 is 0 Å². The molecule has 0 unspecified atom stereocenters. The van der Waals surface area contributed by atoms with E-state index in [1.165, 1.54) is 18.5 Å². The molecule has 2 rings (SSSR count). The van der Waals surface area contributed by atoms with Gasteiger partial charge in [-0.2, -0.15) is 5.10 Å². The highest BCUT2D eigenvalue weighted by atomic mass is 15.3. The van der Waals surface area contributed by atoms with Gasteiger partial charge in [-0.3, -0.25) is 4.68 Å². The van der Waals surface area contributed by atoms with E-state index in [0.29, 0.717) is 12.1 Å². The second-order valence-corrected chi connectivity index (χ2v) is 4.44. The smallest absolute Gasteiger partial charge is 0.0596 e. The van der Waals surface area contributed by atoms with E-state index in [4.69, 9.17) is 5.73 Å². The minimum Gasteiger partial charge on any atom is -0.328 e. The Bertz CT molecular complexity index is 308. The SMILES string of the molecule is Cc1cc(C)n(C2CCC(N)CC2)n1. The summed E-state index contributed by atoms with van der Waals surface area (Å²) in [5.74, 6) is 0. The standard InChI is InChI=1S/C11H19N3/c1-8-7-9(2)14(13-8)11-5-3-10(12)4-6-11/h7,10-11H,3-6,12H2,1-2H3. The van der Waals surface area contributed by atoms with Gasteiger partial charge in [-0.05, 0) is 45.6 Å². The number of aryl methyl sites for hydroxylation is 2. The molecule has 0 atom stereocenters. The molecule has 1 aliphatic carbocycles. The highest BCUT2D eigenvalue weighted by molar-refractivity contribution is 5.08. The lowest BCUT2D eigenvalue weighted by Gasteiger charge is -2.27. The number of aromatic nitrogens is 2. The molecule has 0 radical (unpaired) electrons. The first-order valence-electron chi connectivity index (χ1n) is 5.45. The van der Waals surface area contributed by atoms with Crippen LogP contribution >= 0.6 is 0 Å². The maximum Gasteiger partial charge on any atom is 0.0596 e. The molecule has 3 heteroatoms. The molecule has 1 saturated carbocycles. The number of hydrogen-bond acceptors (Lipinski definition) is 2. The topological polar surface area (TPSA) is 43.8 Å². The third-order valence-electron chi connectivity index (χ3n) is 3.13. The summed E-state index contributed by atoms with van der Waals surface area (Å²) >= 11 is 0.